The van der Waals surface area contributed by atoms with Crippen molar-refractivity contribution in [1.29, 1.82) is 0 Å². The van der Waals surface area contributed by atoms with E-state index in [0.717, 1.165) is 17.7 Å². The first kappa shape index (κ1) is 16.9. The Morgan fingerprint density at radius 2 is 1.83 bits per heavy atom. The van der Waals surface area contributed by atoms with Crippen LogP contribution in [0, 0.1) is 10.1 Å². The molecule has 7 nitrogen and oxygen atoms in total. The van der Waals surface area contributed by atoms with Crippen molar-refractivity contribution in [2.75, 3.05) is 7.11 Å². The summed E-state index contributed by atoms with van der Waals surface area (Å²) in [5, 5.41) is 10.6. The molecule has 0 spiro atoms. The molecular formula is C15H16N2O5S. The van der Waals surface area contributed by atoms with Crippen molar-refractivity contribution in [3.05, 3.63) is 64.2 Å². The molecule has 0 radical (unpaired) electrons. The highest BCUT2D eigenvalue weighted by Gasteiger charge is 2.19. The zero-order valence-electron chi connectivity index (χ0n) is 12.6. The van der Waals surface area contributed by atoms with Crippen LogP contribution in [0.25, 0.3) is 0 Å². The molecule has 0 aliphatic heterocycles. The summed E-state index contributed by atoms with van der Waals surface area (Å²) in [6.07, 6.45) is 0. The van der Waals surface area contributed by atoms with Gasteiger partial charge in [0.2, 0.25) is 10.0 Å². The van der Waals surface area contributed by atoms with Crippen LogP contribution in [-0.4, -0.2) is 20.5 Å². The predicted octanol–water partition coefficient (Wildman–Crippen LogP) is 2.64. The van der Waals surface area contributed by atoms with Crippen LogP contribution in [0.2, 0.25) is 0 Å². The lowest BCUT2D eigenvalue weighted by atomic mass is 10.1. The Labute approximate surface area is 134 Å². The molecule has 23 heavy (non-hydrogen) atoms. The molecule has 1 unspecified atom stereocenters. The lowest BCUT2D eigenvalue weighted by Gasteiger charge is -2.15. The van der Waals surface area contributed by atoms with Crippen molar-refractivity contribution >= 4 is 15.7 Å². The Balaban J connectivity index is 2.21. The van der Waals surface area contributed by atoms with Gasteiger partial charge in [-0.05, 0) is 36.8 Å². The Morgan fingerprint density at radius 1 is 1.17 bits per heavy atom. The monoisotopic (exact) mass is 336 g/mol. The molecule has 0 heterocycles. The van der Waals surface area contributed by atoms with Crippen LogP contribution < -0.4 is 9.46 Å². The fourth-order valence-electron chi connectivity index (χ4n) is 2.03. The van der Waals surface area contributed by atoms with Gasteiger partial charge in [0, 0.05) is 18.2 Å². The van der Waals surface area contributed by atoms with Gasteiger partial charge < -0.3 is 4.74 Å². The number of nitro groups is 1. The van der Waals surface area contributed by atoms with Gasteiger partial charge in [-0.3, -0.25) is 10.1 Å². The molecule has 0 saturated carbocycles. The van der Waals surface area contributed by atoms with Gasteiger partial charge in [-0.25, -0.2) is 13.1 Å². The van der Waals surface area contributed by atoms with E-state index in [-0.39, 0.29) is 10.6 Å². The van der Waals surface area contributed by atoms with Crippen LogP contribution in [-0.2, 0) is 10.0 Å². The molecule has 0 aliphatic carbocycles. The summed E-state index contributed by atoms with van der Waals surface area (Å²) in [4.78, 5) is 10.0. The second kappa shape index (κ2) is 6.76. The quantitative estimate of drug-likeness (QED) is 0.646. The normalized spacial score (nSPS) is 12.6. The number of ether oxygens (including phenoxy) is 1. The first-order valence-corrected chi connectivity index (χ1v) is 8.22. The van der Waals surface area contributed by atoms with Crippen molar-refractivity contribution < 1.29 is 18.1 Å². The first-order valence-electron chi connectivity index (χ1n) is 6.74. The minimum Gasteiger partial charge on any atom is -0.497 e. The summed E-state index contributed by atoms with van der Waals surface area (Å²) in [7, 11) is -2.25. The molecule has 0 bridgehead atoms. The predicted molar refractivity (Wildman–Crippen MR) is 84.8 cm³/mol. The fraction of sp³-hybridized carbons (Fsp3) is 0.200. The Kier molecular flexibility index (Phi) is 4.97. The maximum atomic E-state index is 12.3. The number of sulfonamides is 1. The van der Waals surface area contributed by atoms with Gasteiger partial charge in [0.25, 0.3) is 5.69 Å². The van der Waals surface area contributed by atoms with Crippen LogP contribution in [0.4, 0.5) is 5.69 Å². The Hall–Kier alpha value is -2.45. The molecule has 0 fully saturated rings. The maximum Gasteiger partial charge on any atom is 0.269 e. The highest BCUT2D eigenvalue weighted by Crippen LogP contribution is 2.22. The number of rotatable bonds is 6. The number of benzene rings is 2. The number of hydrogen-bond donors (Lipinski definition) is 1. The highest BCUT2D eigenvalue weighted by molar-refractivity contribution is 7.89. The zero-order valence-corrected chi connectivity index (χ0v) is 13.4. The van der Waals surface area contributed by atoms with Crippen molar-refractivity contribution in [3.63, 3.8) is 0 Å². The minimum atomic E-state index is -3.78. The van der Waals surface area contributed by atoms with E-state index in [9.17, 15) is 18.5 Å². The molecule has 0 aliphatic rings. The van der Waals surface area contributed by atoms with Crippen molar-refractivity contribution in [2.24, 2.45) is 0 Å². The largest absolute Gasteiger partial charge is 0.497 e. The summed E-state index contributed by atoms with van der Waals surface area (Å²) >= 11 is 0. The van der Waals surface area contributed by atoms with E-state index in [4.69, 9.17) is 4.74 Å². The number of methoxy groups -OCH3 is 1. The molecule has 2 rings (SSSR count). The van der Waals surface area contributed by atoms with Crippen molar-refractivity contribution in [1.82, 2.24) is 4.72 Å². The van der Waals surface area contributed by atoms with E-state index in [1.807, 2.05) is 0 Å². The molecule has 1 N–H and O–H groups in total. The van der Waals surface area contributed by atoms with Gasteiger partial charge in [0.15, 0.2) is 0 Å². The molecule has 122 valence electrons. The average Bonchev–Trinajstić information content (AvgIpc) is 2.54. The first-order chi connectivity index (χ1) is 10.8. The second-order valence-electron chi connectivity index (χ2n) is 4.87. The van der Waals surface area contributed by atoms with Crippen molar-refractivity contribution in [2.45, 2.75) is 17.9 Å². The fourth-order valence-corrected chi connectivity index (χ4v) is 3.26. The molecule has 8 heteroatoms. The summed E-state index contributed by atoms with van der Waals surface area (Å²) in [5.74, 6) is 0.629. The summed E-state index contributed by atoms with van der Waals surface area (Å²) in [6.45, 7) is 1.71. The number of non-ortho nitro benzene ring substituents is 1. The summed E-state index contributed by atoms with van der Waals surface area (Å²) in [5.41, 5.74) is 0.583. The Morgan fingerprint density at radius 3 is 2.39 bits per heavy atom. The van der Waals surface area contributed by atoms with Crippen LogP contribution >= 0.6 is 0 Å². The van der Waals surface area contributed by atoms with Gasteiger partial charge in [0.05, 0.1) is 16.9 Å². The van der Waals surface area contributed by atoms with E-state index in [0.29, 0.717) is 5.75 Å². The lowest BCUT2D eigenvalue weighted by Crippen LogP contribution is -2.26. The number of hydrogen-bond acceptors (Lipinski definition) is 5. The number of nitro benzene ring substituents is 1. The van der Waals surface area contributed by atoms with Crippen LogP contribution in [0.5, 0.6) is 5.75 Å². The molecule has 0 aromatic heterocycles. The number of nitrogens with zero attached hydrogens (tertiary/aromatic N) is 1. The molecule has 0 saturated heterocycles. The van der Waals surface area contributed by atoms with Crippen LogP contribution in [0.1, 0.15) is 18.5 Å². The van der Waals surface area contributed by atoms with Gasteiger partial charge in [-0.1, -0.05) is 12.1 Å². The molecular weight excluding hydrogens is 320 g/mol. The average molecular weight is 336 g/mol. The SMILES string of the molecule is COc1cccc(C(C)NS(=O)(=O)c2ccc([N+](=O)[O-])cc2)c1. The highest BCUT2D eigenvalue weighted by atomic mass is 32.2. The molecule has 1 atom stereocenters. The van der Waals surface area contributed by atoms with Gasteiger partial charge in [-0.2, -0.15) is 0 Å². The Bertz CT molecular complexity index is 803. The summed E-state index contributed by atoms with van der Waals surface area (Å²) in [6, 6.07) is 11.3. The standard InChI is InChI=1S/C15H16N2O5S/c1-11(12-4-3-5-14(10-12)22-2)16-23(20,21)15-8-6-13(7-9-15)17(18)19/h3-11,16H,1-2H3. The zero-order chi connectivity index (χ0) is 17.0. The smallest absolute Gasteiger partial charge is 0.269 e. The van der Waals surface area contributed by atoms with Gasteiger partial charge in [-0.15, -0.1) is 0 Å². The van der Waals surface area contributed by atoms with Gasteiger partial charge >= 0.3 is 0 Å². The van der Waals surface area contributed by atoms with E-state index >= 15 is 0 Å². The van der Waals surface area contributed by atoms with E-state index in [1.165, 1.54) is 19.2 Å². The summed E-state index contributed by atoms with van der Waals surface area (Å²) < 4.78 is 32.3. The molecule has 2 aromatic carbocycles. The van der Waals surface area contributed by atoms with E-state index in [1.54, 1.807) is 31.2 Å². The third kappa shape index (κ3) is 4.05. The van der Waals surface area contributed by atoms with Crippen molar-refractivity contribution in [3.8, 4) is 5.75 Å². The molecule has 0 amide bonds. The van der Waals surface area contributed by atoms with E-state index in [2.05, 4.69) is 4.72 Å². The lowest BCUT2D eigenvalue weighted by molar-refractivity contribution is -0.384. The minimum absolute atomic E-state index is 0.0298. The van der Waals surface area contributed by atoms with Crippen LogP contribution in [0.15, 0.2) is 53.4 Å². The second-order valence-corrected chi connectivity index (χ2v) is 6.58. The van der Waals surface area contributed by atoms with Crippen LogP contribution in [0.3, 0.4) is 0 Å². The van der Waals surface area contributed by atoms with E-state index < -0.39 is 21.0 Å². The van der Waals surface area contributed by atoms with Gasteiger partial charge in [0.1, 0.15) is 5.75 Å². The maximum absolute atomic E-state index is 12.3. The molecule has 2 aromatic rings. The third-order valence-corrected chi connectivity index (χ3v) is 4.84. The third-order valence-electron chi connectivity index (χ3n) is 3.28. The number of nitrogens with one attached hydrogen (secondary N) is 1. The topological polar surface area (TPSA) is 98.5 Å².